The lowest BCUT2D eigenvalue weighted by Crippen LogP contribution is -2.33. The topological polar surface area (TPSA) is 113 Å². The molecule has 4 N–H and O–H groups in total. The number of ether oxygens (including phenoxy) is 2. The lowest BCUT2D eigenvalue weighted by atomic mass is 9.99. The van der Waals surface area contributed by atoms with Crippen LogP contribution in [0.5, 0.6) is 5.75 Å². The number of halogens is 1. The number of Topliss-reactive ketones (excluding diaryl/α,β-unsaturated/α-hetero) is 1. The van der Waals surface area contributed by atoms with E-state index < -0.39 is 10.8 Å². The summed E-state index contributed by atoms with van der Waals surface area (Å²) in [6.07, 6.45) is 7.21. The van der Waals surface area contributed by atoms with E-state index in [2.05, 4.69) is 15.9 Å². The largest absolute Gasteiger partial charge is 0.497 e. The van der Waals surface area contributed by atoms with Crippen LogP contribution < -0.4 is 16.2 Å². The lowest BCUT2D eigenvalue weighted by molar-refractivity contribution is 0.0634. The van der Waals surface area contributed by atoms with Crippen molar-refractivity contribution in [1.29, 1.82) is 0 Å². The maximum absolute atomic E-state index is 12.6. The van der Waals surface area contributed by atoms with Crippen LogP contribution in [0.1, 0.15) is 21.5 Å². The smallest absolute Gasteiger partial charge is 0.268 e. The monoisotopic (exact) mass is 360 g/mol. The molecule has 0 aliphatic carbocycles. The highest BCUT2D eigenvalue weighted by atomic mass is 35.5. The SMILES string of the molecule is C#CC(Cl)(OC)C(=O)c1cc(Cc2cnc(N)nc2N)cc(OC)c1. The van der Waals surface area contributed by atoms with Gasteiger partial charge in [-0.05, 0) is 29.7 Å². The molecular weight excluding hydrogens is 344 g/mol. The van der Waals surface area contributed by atoms with E-state index in [4.69, 9.17) is 39.0 Å². The Labute approximate surface area is 150 Å². The first-order chi connectivity index (χ1) is 11.8. The van der Waals surface area contributed by atoms with E-state index >= 15 is 0 Å². The van der Waals surface area contributed by atoms with E-state index in [0.717, 1.165) is 5.56 Å². The van der Waals surface area contributed by atoms with Crippen LogP contribution >= 0.6 is 11.6 Å². The lowest BCUT2D eigenvalue weighted by Gasteiger charge is -2.18. The van der Waals surface area contributed by atoms with Gasteiger partial charge in [0, 0.05) is 30.9 Å². The predicted molar refractivity (Wildman–Crippen MR) is 95.4 cm³/mol. The van der Waals surface area contributed by atoms with Crippen LogP contribution in [0.25, 0.3) is 0 Å². The summed E-state index contributed by atoms with van der Waals surface area (Å²) in [7, 11) is 2.75. The van der Waals surface area contributed by atoms with Crippen LogP contribution in [-0.4, -0.2) is 35.0 Å². The molecule has 7 nitrogen and oxygen atoms in total. The molecule has 1 unspecified atom stereocenters. The summed E-state index contributed by atoms with van der Waals surface area (Å²) >= 11 is 6.04. The van der Waals surface area contributed by atoms with Gasteiger partial charge in [-0.1, -0.05) is 11.6 Å². The van der Waals surface area contributed by atoms with E-state index in [1.54, 1.807) is 12.1 Å². The average molecular weight is 361 g/mol. The number of rotatable bonds is 6. The number of hydrogen-bond acceptors (Lipinski definition) is 7. The molecule has 1 heterocycles. The van der Waals surface area contributed by atoms with Crippen molar-refractivity contribution in [2.24, 2.45) is 0 Å². The van der Waals surface area contributed by atoms with Crippen LogP contribution in [0.4, 0.5) is 11.8 Å². The minimum atomic E-state index is -1.88. The van der Waals surface area contributed by atoms with E-state index in [-0.39, 0.29) is 17.3 Å². The molecule has 0 aliphatic rings. The number of carbonyl (C=O) groups excluding carboxylic acids is 1. The number of carbonyl (C=O) groups is 1. The predicted octanol–water partition coefficient (Wildman–Crippen LogP) is 1.64. The summed E-state index contributed by atoms with van der Waals surface area (Å²) in [5.41, 5.74) is 13.0. The molecule has 25 heavy (non-hydrogen) atoms. The number of hydrogen-bond donors (Lipinski definition) is 2. The third kappa shape index (κ3) is 3.99. The van der Waals surface area contributed by atoms with E-state index in [0.29, 0.717) is 17.7 Å². The number of nitrogens with two attached hydrogens (primary N) is 2. The minimum Gasteiger partial charge on any atom is -0.497 e. The quantitative estimate of drug-likeness (QED) is 0.457. The second-order valence-corrected chi connectivity index (χ2v) is 5.69. The fourth-order valence-electron chi connectivity index (χ4n) is 2.20. The molecule has 1 atom stereocenters. The minimum absolute atomic E-state index is 0.0868. The Kier molecular flexibility index (Phi) is 5.47. The van der Waals surface area contributed by atoms with Crippen LogP contribution in [0, 0.1) is 12.3 Å². The van der Waals surface area contributed by atoms with Gasteiger partial charge in [0.25, 0.3) is 5.06 Å². The summed E-state index contributed by atoms with van der Waals surface area (Å²) in [4.78, 5) is 20.4. The maximum Gasteiger partial charge on any atom is 0.268 e. The highest BCUT2D eigenvalue weighted by molar-refractivity contribution is 6.39. The molecule has 0 bridgehead atoms. The number of alkyl halides is 1. The van der Waals surface area contributed by atoms with Gasteiger partial charge in [-0.25, -0.2) is 4.98 Å². The number of methoxy groups -OCH3 is 2. The van der Waals surface area contributed by atoms with E-state index in [9.17, 15) is 4.79 Å². The molecule has 0 spiro atoms. The molecule has 1 aromatic carbocycles. The number of nitrogens with zero attached hydrogens (tertiary/aromatic N) is 2. The molecule has 2 rings (SSSR count). The van der Waals surface area contributed by atoms with Gasteiger partial charge in [0.1, 0.15) is 11.6 Å². The van der Waals surface area contributed by atoms with Crippen molar-refractivity contribution in [2.45, 2.75) is 11.5 Å². The van der Waals surface area contributed by atoms with Crippen molar-refractivity contribution < 1.29 is 14.3 Å². The van der Waals surface area contributed by atoms with Crippen molar-refractivity contribution in [3.8, 4) is 18.1 Å². The molecule has 0 fully saturated rings. The first kappa shape index (κ1) is 18.5. The van der Waals surface area contributed by atoms with Crippen molar-refractivity contribution in [2.75, 3.05) is 25.7 Å². The Morgan fingerprint density at radius 1 is 1.36 bits per heavy atom. The van der Waals surface area contributed by atoms with E-state index in [1.165, 1.54) is 26.5 Å². The molecule has 0 saturated carbocycles. The van der Waals surface area contributed by atoms with Crippen molar-refractivity contribution in [3.63, 3.8) is 0 Å². The molecule has 0 aliphatic heterocycles. The first-order valence-corrected chi connectivity index (χ1v) is 7.52. The van der Waals surface area contributed by atoms with Gasteiger partial charge in [0.15, 0.2) is 0 Å². The third-order valence-corrected chi connectivity index (χ3v) is 3.97. The molecule has 0 amide bonds. The highest BCUT2D eigenvalue weighted by Crippen LogP contribution is 2.27. The summed E-state index contributed by atoms with van der Waals surface area (Å²) in [5, 5.41) is -1.88. The number of anilines is 2. The molecule has 1 aromatic heterocycles. The first-order valence-electron chi connectivity index (χ1n) is 7.14. The standard InChI is InChI=1S/C17H17ClN4O3/c1-4-17(18,25-3)14(23)11-5-10(7-13(8-11)24-2)6-12-9-21-16(20)22-15(12)19/h1,5,7-9H,6H2,2-3H3,(H4,19,20,21,22). The van der Waals surface area contributed by atoms with Crippen LogP contribution in [-0.2, 0) is 11.2 Å². The zero-order valence-corrected chi connectivity index (χ0v) is 14.5. The molecule has 0 saturated heterocycles. The Morgan fingerprint density at radius 2 is 2.08 bits per heavy atom. The summed E-state index contributed by atoms with van der Waals surface area (Å²) in [6.45, 7) is 0. The normalized spacial score (nSPS) is 12.9. The molecule has 0 radical (unpaired) electrons. The number of terminal acetylenes is 1. The van der Waals surface area contributed by atoms with Crippen LogP contribution in [0.2, 0.25) is 0 Å². The number of benzene rings is 1. The van der Waals surface area contributed by atoms with Crippen LogP contribution in [0.3, 0.4) is 0 Å². The van der Waals surface area contributed by atoms with Gasteiger partial charge in [0.2, 0.25) is 11.7 Å². The van der Waals surface area contributed by atoms with Crippen LogP contribution in [0.15, 0.2) is 24.4 Å². The van der Waals surface area contributed by atoms with Gasteiger partial charge in [-0.15, -0.1) is 6.42 Å². The fourth-order valence-corrected chi connectivity index (χ4v) is 2.31. The highest BCUT2D eigenvalue weighted by Gasteiger charge is 2.35. The molecule has 2 aromatic rings. The Hall–Kier alpha value is -2.82. The molecule has 130 valence electrons. The number of aromatic nitrogens is 2. The Balaban J connectivity index is 2.44. The average Bonchev–Trinajstić information content (AvgIpc) is 2.62. The van der Waals surface area contributed by atoms with Gasteiger partial charge < -0.3 is 20.9 Å². The Morgan fingerprint density at radius 3 is 2.64 bits per heavy atom. The second kappa shape index (κ2) is 7.38. The number of ketones is 1. The van der Waals surface area contributed by atoms with Crippen molar-refractivity contribution in [3.05, 3.63) is 41.1 Å². The van der Waals surface area contributed by atoms with Gasteiger partial charge in [0.05, 0.1) is 7.11 Å². The second-order valence-electron chi connectivity index (χ2n) is 5.16. The summed E-state index contributed by atoms with van der Waals surface area (Å²) in [5.74, 6) is 2.39. The van der Waals surface area contributed by atoms with Crippen molar-refractivity contribution in [1.82, 2.24) is 9.97 Å². The summed E-state index contributed by atoms with van der Waals surface area (Å²) in [6, 6.07) is 4.92. The zero-order valence-electron chi connectivity index (χ0n) is 13.7. The maximum atomic E-state index is 12.6. The number of nitrogen functional groups attached to an aromatic ring is 2. The van der Waals surface area contributed by atoms with Gasteiger partial charge >= 0.3 is 0 Å². The zero-order chi connectivity index (χ0) is 18.6. The van der Waals surface area contributed by atoms with Crippen molar-refractivity contribution >= 4 is 29.2 Å². The summed E-state index contributed by atoms with van der Waals surface area (Å²) < 4.78 is 10.2. The van der Waals surface area contributed by atoms with Gasteiger partial charge in [-0.2, -0.15) is 4.98 Å². The van der Waals surface area contributed by atoms with Gasteiger partial charge in [-0.3, -0.25) is 4.79 Å². The van der Waals surface area contributed by atoms with E-state index in [1.807, 2.05) is 0 Å². The molecule has 8 heteroatoms. The molecular formula is C17H17ClN4O3. The fraction of sp³-hybridized carbons (Fsp3) is 0.235. The third-order valence-electron chi connectivity index (χ3n) is 3.53. The Bertz CT molecular complexity index is 850.